The minimum atomic E-state index is 0.393. The SMILES string of the molecule is Bc1c(C)c(O)c(-c2ccc(C3=CC(=N)C(=C)C=C3)cc2)c(CCC)c1C. The first kappa shape index (κ1) is 19.0. The van der Waals surface area contributed by atoms with Crippen LogP contribution in [0.2, 0.25) is 0 Å². The van der Waals surface area contributed by atoms with Crippen molar-refractivity contribution in [3.63, 3.8) is 0 Å². The van der Waals surface area contributed by atoms with Gasteiger partial charge >= 0.3 is 0 Å². The molecule has 0 aliphatic heterocycles. The summed E-state index contributed by atoms with van der Waals surface area (Å²) in [6.45, 7) is 10.2. The van der Waals surface area contributed by atoms with Crippen LogP contribution in [-0.2, 0) is 6.42 Å². The van der Waals surface area contributed by atoms with Crippen LogP contribution in [0.1, 0.15) is 35.6 Å². The zero-order valence-corrected chi connectivity index (χ0v) is 16.6. The van der Waals surface area contributed by atoms with Gasteiger partial charge < -0.3 is 10.5 Å². The molecule has 0 unspecified atom stereocenters. The maximum atomic E-state index is 10.9. The Bertz CT molecular complexity index is 994. The average molecular weight is 355 g/mol. The van der Waals surface area contributed by atoms with Gasteiger partial charge in [-0.05, 0) is 59.7 Å². The summed E-state index contributed by atoms with van der Waals surface area (Å²) in [7, 11) is 2.08. The topological polar surface area (TPSA) is 44.1 Å². The highest BCUT2D eigenvalue weighted by atomic mass is 16.3. The van der Waals surface area contributed by atoms with E-state index in [2.05, 4.69) is 52.5 Å². The van der Waals surface area contributed by atoms with E-state index >= 15 is 0 Å². The molecule has 2 aromatic carbocycles. The van der Waals surface area contributed by atoms with Gasteiger partial charge in [0.25, 0.3) is 0 Å². The number of hydrogen-bond acceptors (Lipinski definition) is 2. The van der Waals surface area contributed by atoms with Gasteiger partial charge in [0.05, 0.1) is 5.71 Å². The summed E-state index contributed by atoms with van der Waals surface area (Å²) in [5.74, 6) is 0.393. The average Bonchev–Trinajstić information content (AvgIpc) is 2.67. The Balaban J connectivity index is 2.08. The third-order valence-electron chi connectivity index (χ3n) is 5.59. The molecular weight excluding hydrogens is 329 g/mol. The zero-order valence-electron chi connectivity index (χ0n) is 16.6. The number of aromatic hydroxyl groups is 1. The summed E-state index contributed by atoms with van der Waals surface area (Å²) in [6.07, 6.45) is 7.71. The predicted molar refractivity (Wildman–Crippen MR) is 119 cm³/mol. The normalized spacial score (nSPS) is 13.8. The highest BCUT2D eigenvalue weighted by Crippen LogP contribution is 2.37. The van der Waals surface area contributed by atoms with Crippen LogP contribution in [0.4, 0.5) is 0 Å². The van der Waals surface area contributed by atoms with Crippen LogP contribution < -0.4 is 5.46 Å². The maximum Gasteiger partial charge on any atom is 0.140 e. The van der Waals surface area contributed by atoms with Crippen molar-refractivity contribution in [3.05, 3.63) is 76.9 Å². The molecule has 27 heavy (non-hydrogen) atoms. The Morgan fingerprint density at radius 3 is 2.26 bits per heavy atom. The molecule has 3 heteroatoms. The first-order chi connectivity index (χ1) is 12.8. The van der Waals surface area contributed by atoms with Gasteiger partial charge in [0, 0.05) is 5.56 Å². The van der Waals surface area contributed by atoms with E-state index in [9.17, 15) is 5.11 Å². The van der Waals surface area contributed by atoms with Crippen molar-refractivity contribution < 1.29 is 5.11 Å². The molecule has 1 aliphatic rings. The Hall–Kier alpha value is -2.81. The number of nitrogens with one attached hydrogen (secondary N) is 1. The molecule has 0 spiro atoms. The lowest BCUT2D eigenvalue weighted by atomic mass is 9.79. The van der Waals surface area contributed by atoms with E-state index in [0.29, 0.717) is 11.5 Å². The van der Waals surface area contributed by atoms with Crippen LogP contribution in [0.5, 0.6) is 5.75 Å². The second-order valence-corrected chi connectivity index (χ2v) is 7.28. The Morgan fingerprint density at radius 1 is 1.04 bits per heavy atom. The molecule has 0 bridgehead atoms. The molecule has 0 heterocycles. The van der Waals surface area contributed by atoms with E-state index in [0.717, 1.165) is 46.2 Å². The van der Waals surface area contributed by atoms with Crippen molar-refractivity contribution in [1.29, 1.82) is 5.41 Å². The minimum Gasteiger partial charge on any atom is -0.507 e. The van der Waals surface area contributed by atoms with E-state index in [1.165, 1.54) is 16.6 Å². The van der Waals surface area contributed by atoms with Crippen molar-refractivity contribution in [1.82, 2.24) is 0 Å². The van der Waals surface area contributed by atoms with Crippen molar-refractivity contribution in [2.45, 2.75) is 33.6 Å². The number of rotatable bonds is 4. The maximum absolute atomic E-state index is 10.9. The van der Waals surface area contributed by atoms with Crippen LogP contribution >= 0.6 is 0 Å². The van der Waals surface area contributed by atoms with Crippen LogP contribution in [0.15, 0.2) is 54.6 Å². The van der Waals surface area contributed by atoms with Gasteiger partial charge in [-0.2, -0.15) is 0 Å². The molecule has 2 nitrogen and oxygen atoms in total. The van der Waals surface area contributed by atoms with Gasteiger partial charge in [-0.15, -0.1) is 0 Å². The van der Waals surface area contributed by atoms with Crippen LogP contribution in [0.3, 0.4) is 0 Å². The number of phenolic OH excluding ortho intramolecular Hbond substituents is 1. The van der Waals surface area contributed by atoms with E-state index in [1.807, 2.05) is 25.2 Å². The Kier molecular flexibility index (Phi) is 5.23. The molecule has 0 aromatic heterocycles. The van der Waals surface area contributed by atoms with Crippen molar-refractivity contribution in [2.24, 2.45) is 0 Å². The lowest BCUT2D eigenvalue weighted by molar-refractivity contribution is 0.473. The summed E-state index contributed by atoms with van der Waals surface area (Å²) in [4.78, 5) is 0. The smallest absolute Gasteiger partial charge is 0.140 e. The van der Waals surface area contributed by atoms with Gasteiger partial charge in [0.2, 0.25) is 0 Å². The van der Waals surface area contributed by atoms with Gasteiger partial charge in [0.1, 0.15) is 13.6 Å². The van der Waals surface area contributed by atoms with Gasteiger partial charge in [0.15, 0.2) is 0 Å². The molecule has 3 rings (SSSR count). The molecule has 0 radical (unpaired) electrons. The van der Waals surface area contributed by atoms with Crippen LogP contribution in [-0.4, -0.2) is 18.7 Å². The second-order valence-electron chi connectivity index (χ2n) is 7.28. The summed E-state index contributed by atoms with van der Waals surface area (Å²) in [5, 5.41) is 18.8. The molecular formula is C24H26BNO. The first-order valence-corrected chi connectivity index (χ1v) is 9.45. The lowest BCUT2D eigenvalue weighted by Crippen LogP contribution is -2.16. The Morgan fingerprint density at radius 2 is 1.67 bits per heavy atom. The van der Waals surface area contributed by atoms with Crippen molar-refractivity contribution in [2.75, 3.05) is 0 Å². The molecule has 0 fully saturated rings. The monoisotopic (exact) mass is 355 g/mol. The van der Waals surface area contributed by atoms with Gasteiger partial charge in [-0.3, -0.25) is 0 Å². The second kappa shape index (κ2) is 7.44. The fourth-order valence-electron chi connectivity index (χ4n) is 3.66. The molecule has 2 N–H and O–H groups in total. The summed E-state index contributed by atoms with van der Waals surface area (Å²) in [6, 6.07) is 8.26. The van der Waals surface area contributed by atoms with Gasteiger partial charge in [-0.1, -0.05) is 67.4 Å². The minimum absolute atomic E-state index is 0.393. The molecule has 0 saturated heterocycles. The third kappa shape index (κ3) is 3.42. The number of phenols is 1. The largest absolute Gasteiger partial charge is 0.507 e. The Labute approximate surface area is 162 Å². The summed E-state index contributed by atoms with van der Waals surface area (Å²) < 4.78 is 0. The van der Waals surface area contributed by atoms with Crippen molar-refractivity contribution >= 4 is 24.6 Å². The molecule has 136 valence electrons. The van der Waals surface area contributed by atoms with E-state index in [-0.39, 0.29) is 0 Å². The van der Waals surface area contributed by atoms with Crippen molar-refractivity contribution in [3.8, 4) is 16.9 Å². The quantitative estimate of drug-likeness (QED) is 0.784. The first-order valence-electron chi connectivity index (χ1n) is 9.45. The lowest BCUT2D eigenvalue weighted by Gasteiger charge is -2.20. The zero-order chi connectivity index (χ0) is 19.7. The molecule has 1 aliphatic carbocycles. The molecule has 0 atom stereocenters. The molecule has 2 aromatic rings. The van der Waals surface area contributed by atoms with E-state index in [4.69, 9.17) is 5.41 Å². The number of allylic oxidation sites excluding steroid dienone is 5. The number of benzene rings is 2. The van der Waals surface area contributed by atoms with Gasteiger partial charge in [-0.25, -0.2) is 0 Å². The summed E-state index contributed by atoms with van der Waals surface area (Å²) >= 11 is 0. The van der Waals surface area contributed by atoms with E-state index < -0.39 is 0 Å². The fraction of sp³-hybridized carbons (Fsp3) is 0.208. The molecule has 0 amide bonds. The summed E-state index contributed by atoms with van der Waals surface area (Å²) in [5.41, 5.74) is 9.88. The number of hydrogen-bond donors (Lipinski definition) is 2. The third-order valence-corrected chi connectivity index (χ3v) is 5.59. The van der Waals surface area contributed by atoms with Crippen LogP contribution in [0, 0.1) is 19.3 Å². The predicted octanol–water partition coefficient (Wildman–Crippen LogP) is 4.42. The highest BCUT2D eigenvalue weighted by molar-refractivity contribution is 6.35. The fourth-order valence-corrected chi connectivity index (χ4v) is 3.66. The van der Waals surface area contributed by atoms with E-state index in [1.54, 1.807) is 0 Å². The standard InChI is InChI=1S/C24H26BNO/c1-5-6-20-15(3)23(25)16(4)24(27)22(20)18-11-9-17(10-12-18)19-8-7-14(2)21(26)13-19/h7-13,26-27H,2,5-6,25H2,1,3-4H3. The van der Waals surface area contributed by atoms with Crippen LogP contribution in [0.25, 0.3) is 16.7 Å². The highest BCUT2D eigenvalue weighted by Gasteiger charge is 2.18. The molecule has 0 saturated carbocycles.